The Balaban J connectivity index is 1.83. The van der Waals surface area contributed by atoms with Crippen LogP contribution in [0, 0.1) is 0 Å². The largest absolute Gasteiger partial charge is 0.245 e. The van der Waals surface area contributed by atoms with Gasteiger partial charge in [0.25, 0.3) is 0 Å². The van der Waals surface area contributed by atoms with Crippen molar-refractivity contribution in [1.82, 2.24) is 9.97 Å². The lowest BCUT2D eigenvalue weighted by Crippen LogP contribution is -1.92. The Labute approximate surface area is 182 Å². The van der Waals surface area contributed by atoms with Crippen LogP contribution < -0.4 is 0 Å². The molecule has 0 atom stereocenters. The average Bonchev–Trinajstić information content (AvgIpc) is 3.52. The van der Waals surface area contributed by atoms with Crippen LogP contribution in [0.25, 0.3) is 53.8 Å². The fourth-order valence-electron chi connectivity index (χ4n) is 4.15. The molecule has 0 spiro atoms. The van der Waals surface area contributed by atoms with Crippen LogP contribution in [0.3, 0.4) is 0 Å². The van der Waals surface area contributed by atoms with E-state index in [0.29, 0.717) is 0 Å². The fourth-order valence-corrected chi connectivity index (χ4v) is 5.49. The molecule has 0 radical (unpaired) electrons. The van der Waals surface area contributed by atoms with E-state index in [1.165, 1.54) is 32.7 Å². The van der Waals surface area contributed by atoms with Gasteiger partial charge in [-0.05, 0) is 21.5 Å². The zero-order valence-corrected chi connectivity index (χ0v) is 17.6. The van der Waals surface area contributed by atoms with Crippen molar-refractivity contribution in [1.29, 1.82) is 0 Å². The summed E-state index contributed by atoms with van der Waals surface area (Å²) in [6.07, 6.45) is 3.76. The zero-order chi connectivity index (χ0) is 19.9. The van der Waals surface area contributed by atoms with Gasteiger partial charge in [-0.3, -0.25) is 0 Å². The van der Waals surface area contributed by atoms with Crippen LogP contribution in [0.1, 0.15) is 0 Å². The topological polar surface area (TPSA) is 25.8 Å². The van der Waals surface area contributed by atoms with Gasteiger partial charge in [-0.15, -0.1) is 22.7 Å². The highest BCUT2D eigenvalue weighted by molar-refractivity contribution is 7.13. The first-order chi connectivity index (χ1) is 14.9. The van der Waals surface area contributed by atoms with Gasteiger partial charge in [0.1, 0.15) is 10.0 Å². The van der Waals surface area contributed by atoms with E-state index in [1.807, 2.05) is 23.2 Å². The Kier molecular flexibility index (Phi) is 4.18. The number of nitrogens with zero attached hydrogens (tertiary/aromatic N) is 2. The van der Waals surface area contributed by atoms with E-state index >= 15 is 0 Å². The van der Waals surface area contributed by atoms with Crippen molar-refractivity contribution in [2.24, 2.45) is 0 Å². The normalized spacial score (nSPS) is 11.3. The maximum Gasteiger partial charge on any atom is 0.123 e. The number of benzene rings is 4. The van der Waals surface area contributed by atoms with Crippen molar-refractivity contribution in [3.63, 3.8) is 0 Å². The number of hydrogen-bond donors (Lipinski definition) is 0. The summed E-state index contributed by atoms with van der Waals surface area (Å²) in [5, 5.41) is 11.1. The summed E-state index contributed by atoms with van der Waals surface area (Å²) in [5.41, 5.74) is 4.78. The van der Waals surface area contributed by atoms with Crippen molar-refractivity contribution in [3.8, 4) is 32.3 Å². The molecule has 142 valence electrons. The van der Waals surface area contributed by atoms with E-state index in [-0.39, 0.29) is 0 Å². The van der Waals surface area contributed by atoms with Crippen LogP contribution in [0.4, 0.5) is 0 Å². The second-order valence-electron chi connectivity index (χ2n) is 7.09. The lowest BCUT2D eigenvalue weighted by molar-refractivity contribution is 1.41. The average molecular weight is 421 g/mol. The molecule has 0 bridgehead atoms. The Bertz CT molecular complexity index is 1370. The number of fused-ring (bicyclic) bond motifs is 2. The predicted molar refractivity (Wildman–Crippen MR) is 129 cm³/mol. The maximum atomic E-state index is 4.66. The quantitative estimate of drug-likeness (QED) is 0.291. The zero-order valence-electron chi connectivity index (χ0n) is 15.9. The van der Waals surface area contributed by atoms with Crippen molar-refractivity contribution in [2.45, 2.75) is 0 Å². The molecule has 0 aliphatic rings. The predicted octanol–water partition coefficient (Wildman–Crippen LogP) is 7.91. The third-order valence-corrected chi connectivity index (χ3v) is 7.05. The van der Waals surface area contributed by atoms with Gasteiger partial charge in [-0.1, -0.05) is 72.8 Å². The summed E-state index contributed by atoms with van der Waals surface area (Å²) >= 11 is 3.36. The van der Waals surface area contributed by atoms with Crippen molar-refractivity contribution in [2.75, 3.05) is 0 Å². The highest BCUT2D eigenvalue weighted by Gasteiger charge is 2.20. The first-order valence-corrected chi connectivity index (χ1v) is 11.5. The first kappa shape index (κ1) is 17.5. The van der Waals surface area contributed by atoms with E-state index in [4.69, 9.17) is 0 Å². The molecule has 4 heteroatoms. The molecule has 0 aliphatic carbocycles. The van der Waals surface area contributed by atoms with Crippen molar-refractivity contribution < 1.29 is 0 Å². The van der Waals surface area contributed by atoms with Crippen LogP contribution in [-0.4, -0.2) is 9.97 Å². The summed E-state index contributed by atoms with van der Waals surface area (Å²) in [6, 6.07) is 26.0. The molecule has 6 aromatic rings. The molecule has 0 amide bonds. The Morgan fingerprint density at radius 3 is 1.40 bits per heavy atom. The molecule has 2 nitrogen and oxygen atoms in total. The molecular formula is C26H16N2S2. The summed E-state index contributed by atoms with van der Waals surface area (Å²) < 4.78 is 0. The second-order valence-corrected chi connectivity index (χ2v) is 8.88. The van der Waals surface area contributed by atoms with Gasteiger partial charge in [0, 0.05) is 45.4 Å². The minimum absolute atomic E-state index is 1.04. The van der Waals surface area contributed by atoms with Crippen LogP contribution >= 0.6 is 22.7 Å². The van der Waals surface area contributed by atoms with E-state index in [9.17, 15) is 0 Å². The van der Waals surface area contributed by atoms with Crippen LogP contribution in [-0.2, 0) is 0 Å². The summed E-state index contributed by atoms with van der Waals surface area (Å²) in [7, 11) is 0. The van der Waals surface area contributed by atoms with E-state index in [0.717, 1.165) is 21.1 Å². The van der Waals surface area contributed by atoms with Gasteiger partial charge in [-0.25, -0.2) is 9.97 Å². The lowest BCUT2D eigenvalue weighted by atomic mass is 9.87. The summed E-state index contributed by atoms with van der Waals surface area (Å²) in [6.45, 7) is 0. The highest BCUT2D eigenvalue weighted by atomic mass is 32.1. The SMILES string of the molecule is c1ccc2c(-c3c(-c4nccs4)ccc4ccccc34)c(-c3nccs3)ccc2c1. The summed E-state index contributed by atoms with van der Waals surface area (Å²) in [5.74, 6) is 0. The van der Waals surface area contributed by atoms with Gasteiger partial charge in [-0.2, -0.15) is 0 Å². The smallest absolute Gasteiger partial charge is 0.123 e. The molecule has 2 aromatic heterocycles. The van der Waals surface area contributed by atoms with Gasteiger partial charge in [0.2, 0.25) is 0 Å². The minimum atomic E-state index is 1.04. The molecule has 2 heterocycles. The van der Waals surface area contributed by atoms with Gasteiger partial charge < -0.3 is 0 Å². The second kappa shape index (κ2) is 7.17. The third kappa shape index (κ3) is 2.76. The molecule has 6 rings (SSSR count). The van der Waals surface area contributed by atoms with E-state index in [2.05, 4.69) is 82.8 Å². The van der Waals surface area contributed by atoms with Crippen LogP contribution in [0.15, 0.2) is 96.0 Å². The third-order valence-electron chi connectivity index (χ3n) is 5.43. The maximum absolute atomic E-state index is 4.66. The monoisotopic (exact) mass is 420 g/mol. The van der Waals surface area contributed by atoms with Gasteiger partial charge in [0.05, 0.1) is 0 Å². The van der Waals surface area contributed by atoms with Crippen LogP contribution in [0.2, 0.25) is 0 Å². The molecule has 0 unspecified atom stereocenters. The first-order valence-electron chi connectivity index (χ1n) is 9.74. The molecule has 0 N–H and O–H groups in total. The lowest BCUT2D eigenvalue weighted by Gasteiger charge is -2.17. The number of thiazole rings is 2. The molecule has 0 fully saturated rings. The molecular weight excluding hydrogens is 404 g/mol. The fraction of sp³-hybridized carbons (Fsp3) is 0. The number of hydrogen-bond acceptors (Lipinski definition) is 4. The molecule has 0 aliphatic heterocycles. The van der Waals surface area contributed by atoms with E-state index < -0.39 is 0 Å². The summed E-state index contributed by atoms with van der Waals surface area (Å²) in [4.78, 5) is 9.31. The molecule has 4 aromatic carbocycles. The highest BCUT2D eigenvalue weighted by Crippen LogP contribution is 2.46. The number of rotatable bonds is 3. The molecule has 0 saturated heterocycles. The Morgan fingerprint density at radius 2 is 0.967 bits per heavy atom. The molecule has 0 saturated carbocycles. The Hall–Kier alpha value is -3.34. The van der Waals surface area contributed by atoms with Gasteiger partial charge in [0.15, 0.2) is 0 Å². The van der Waals surface area contributed by atoms with Gasteiger partial charge >= 0.3 is 0 Å². The van der Waals surface area contributed by atoms with Crippen LogP contribution in [0.5, 0.6) is 0 Å². The van der Waals surface area contributed by atoms with Crippen molar-refractivity contribution >= 4 is 44.2 Å². The van der Waals surface area contributed by atoms with E-state index in [1.54, 1.807) is 22.7 Å². The Morgan fingerprint density at radius 1 is 0.500 bits per heavy atom. The standard InChI is InChI=1S/C26H16N2S2/c1-3-7-19-17(5-1)9-11-21(25-27-13-15-29-25)23(19)24-20-8-4-2-6-18(20)10-12-22(24)26-28-14-16-30-26/h1-16H. The minimum Gasteiger partial charge on any atom is -0.245 e. The van der Waals surface area contributed by atoms with Crippen molar-refractivity contribution in [3.05, 3.63) is 96.0 Å². The number of aromatic nitrogens is 2. The molecule has 30 heavy (non-hydrogen) atoms.